The zero-order valence-electron chi connectivity index (χ0n) is 4.35. The average Bonchev–Trinajstić information content (AvgIpc) is 2.14. The summed E-state index contributed by atoms with van der Waals surface area (Å²) in [7, 11) is 0. The van der Waals surface area contributed by atoms with E-state index in [1.807, 2.05) is 19.1 Å². The van der Waals surface area contributed by atoms with E-state index in [4.69, 9.17) is 4.74 Å². The fourth-order valence-corrected chi connectivity index (χ4v) is 0.534. The van der Waals surface area contributed by atoms with Crippen LogP contribution in [0.25, 0.3) is 0 Å². The van der Waals surface area contributed by atoms with Crippen molar-refractivity contribution >= 4 is 0 Å². The highest BCUT2D eigenvalue weighted by atomic mass is 16.5. The van der Waals surface area contributed by atoms with Gasteiger partial charge < -0.3 is 4.74 Å². The second kappa shape index (κ2) is 1.82. The summed E-state index contributed by atoms with van der Waals surface area (Å²) in [6, 6.07) is 0. The van der Waals surface area contributed by atoms with E-state index in [2.05, 4.69) is 0 Å². The van der Waals surface area contributed by atoms with E-state index in [9.17, 15) is 0 Å². The molecule has 1 nitrogen and oxygen atoms in total. The molecule has 0 fully saturated rings. The van der Waals surface area contributed by atoms with Gasteiger partial charge in [0.2, 0.25) is 0 Å². The van der Waals surface area contributed by atoms with Gasteiger partial charge in [-0.3, -0.25) is 0 Å². The van der Waals surface area contributed by atoms with Crippen LogP contribution < -0.4 is 0 Å². The summed E-state index contributed by atoms with van der Waals surface area (Å²) >= 11 is 0. The van der Waals surface area contributed by atoms with Crippen molar-refractivity contribution in [1.29, 1.82) is 0 Å². The molecule has 0 spiro atoms. The summed E-state index contributed by atoms with van der Waals surface area (Å²) in [4.78, 5) is 0. The van der Waals surface area contributed by atoms with E-state index >= 15 is 0 Å². The molecule has 0 aliphatic carbocycles. The van der Waals surface area contributed by atoms with E-state index in [1.54, 1.807) is 6.26 Å². The maximum absolute atomic E-state index is 4.98. The molecule has 0 amide bonds. The van der Waals surface area contributed by atoms with Gasteiger partial charge in [-0.1, -0.05) is 0 Å². The predicted molar refractivity (Wildman–Crippen MR) is 28.6 cm³/mol. The lowest BCUT2D eigenvalue weighted by Crippen LogP contribution is -1.71. The van der Waals surface area contributed by atoms with E-state index < -0.39 is 0 Å². The molecule has 38 valence electrons. The van der Waals surface area contributed by atoms with E-state index in [0.29, 0.717) is 0 Å². The van der Waals surface area contributed by atoms with Gasteiger partial charge in [0.15, 0.2) is 0 Å². The SMILES string of the molecule is CC=C1CC=CO1. The lowest BCUT2D eigenvalue weighted by atomic mass is 10.4. The van der Waals surface area contributed by atoms with Crippen molar-refractivity contribution in [3.05, 3.63) is 24.2 Å². The Labute approximate surface area is 43.3 Å². The van der Waals surface area contributed by atoms with Gasteiger partial charge in [0.25, 0.3) is 0 Å². The molecule has 0 saturated carbocycles. The van der Waals surface area contributed by atoms with Crippen LogP contribution in [0.5, 0.6) is 0 Å². The molecule has 0 atom stereocenters. The summed E-state index contributed by atoms with van der Waals surface area (Å²) in [5.74, 6) is 1.06. The predicted octanol–water partition coefficient (Wildman–Crippen LogP) is 1.82. The molecule has 0 aromatic heterocycles. The van der Waals surface area contributed by atoms with Crippen molar-refractivity contribution in [2.24, 2.45) is 0 Å². The summed E-state index contributed by atoms with van der Waals surface area (Å²) < 4.78 is 4.98. The van der Waals surface area contributed by atoms with Gasteiger partial charge in [0.1, 0.15) is 5.76 Å². The van der Waals surface area contributed by atoms with E-state index in [-0.39, 0.29) is 0 Å². The van der Waals surface area contributed by atoms with Gasteiger partial charge in [-0.05, 0) is 19.1 Å². The standard InChI is InChI=1S/C6H8O/c1-2-6-4-3-5-7-6/h2-3,5H,4H2,1H3. The molecule has 1 heterocycles. The minimum Gasteiger partial charge on any atom is -0.470 e. The third-order valence-electron chi connectivity index (χ3n) is 0.957. The molecule has 1 aliphatic rings. The van der Waals surface area contributed by atoms with Crippen molar-refractivity contribution in [2.75, 3.05) is 0 Å². The largest absolute Gasteiger partial charge is 0.470 e. The minimum atomic E-state index is 0.969. The third kappa shape index (κ3) is 0.829. The molecule has 1 rings (SSSR count). The van der Waals surface area contributed by atoms with Crippen LogP contribution in [0.15, 0.2) is 24.2 Å². The number of allylic oxidation sites excluding steroid dienone is 2. The Kier molecular flexibility index (Phi) is 1.16. The number of hydrogen-bond donors (Lipinski definition) is 0. The Morgan fingerprint density at radius 2 is 2.71 bits per heavy atom. The van der Waals surface area contributed by atoms with Crippen LogP contribution in [0.2, 0.25) is 0 Å². The molecule has 0 saturated heterocycles. The molecule has 7 heavy (non-hydrogen) atoms. The second-order valence-electron chi connectivity index (χ2n) is 1.45. The van der Waals surface area contributed by atoms with Gasteiger partial charge in [0, 0.05) is 6.42 Å². The molecule has 1 aliphatic heterocycles. The normalized spacial score (nSPS) is 23.3. The molecular weight excluding hydrogens is 88.1 g/mol. The summed E-state index contributed by atoms with van der Waals surface area (Å²) in [6.45, 7) is 1.97. The highest BCUT2D eigenvalue weighted by Crippen LogP contribution is 2.11. The fraction of sp³-hybridized carbons (Fsp3) is 0.333. The fourth-order valence-electron chi connectivity index (χ4n) is 0.534. The Bertz CT molecular complexity index is 101. The zero-order chi connectivity index (χ0) is 5.11. The Morgan fingerprint density at radius 3 is 3.00 bits per heavy atom. The average molecular weight is 96.1 g/mol. The first kappa shape index (κ1) is 4.44. The van der Waals surface area contributed by atoms with Crippen LogP contribution in [0.1, 0.15) is 13.3 Å². The molecule has 1 heteroatoms. The van der Waals surface area contributed by atoms with Gasteiger partial charge in [-0.25, -0.2) is 0 Å². The minimum absolute atomic E-state index is 0.969. The molecule has 0 N–H and O–H groups in total. The Balaban J connectivity index is 2.51. The second-order valence-corrected chi connectivity index (χ2v) is 1.45. The van der Waals surface area contributed by atoms with Gasteiger partial charge in [-0.2, -0.15) is 0 Å². The van der Waals surface area contributed by atoms with Crippen molar-refractivity contribution in [3.63, 3.8) is 0 Å². The van der Waals surface area contributed by atoms with Crippen LogP contribution >= 0.6 is 0 Å². The van der Waals surface area contributed by atoms with E-state index in [0.717, 1.165) is 12.2 Å². The highest BCUT2D eigenvalue weighted by molar-refractivity contribution is 5.04. The third-order valence-corrected chi connectivity index (χ3v) is 0.957. The first-order valence-corrected chi connectivity index (χ1v) is 2.40. The van der Waals surface area contributed by atoms with Gasteiger partial charge in [-0.15, -0.1) is 0 Å². The maximum atomic E-state index is 4.98. The number of rotatable bonds is 0. The van der Waals surface area contributed by atoms with Gasteiger partial charge >= 0.3 is 0 Å². The number of ether oxygens (including phenoxy) is 1. The van der Waals surface area contributed by atoms with Crippen molar-refractivity contribution < 1.29 is 4.74 Å². The molecule has 0 aromatic rings. The Hall–Kier alpha value is -0.720. The highest BCUT2D eigenvalue weighted by Gasteiger charge is 1.95. The lowest BCUT2D eigenvalue weighted by molar-refractivity contribution is 0.366. The van der Waals surface area contributed by atoms with Crippen molar-refractivity contribution in [3.8, 4) is 0 Å². The monoisotopic (exact) mass is 96.1 g/mol. The topological polar surface area (TPSA) is 9.23 Å². The van der Waals surface area contributed by atoms with Crippen LogP contribution in [-0.2, 0) is 4.74 Å². The first-order chi connectivity index (χ1) is 3.43. The molecule has 0 bridgehead atoms. The molecule has 0 radical (unpaired) electrons. The van der Waals surface area contributed by atoms with Crippen molar-refractivity contribution in [2.45, 2.75) is 13.3 Å². The maximum Gasteiger partial charge on any atom is 0.103 e. The van der Waals surface area contributed by atoms with Crippen LogP contribution in [-0.4, -0.2) is 0 Å². The summed E-state index contributed by atoms with van der Waals surface area (Å²) in [5.41, 5.74) is 0. The zero-order valence-corrected chi connectivity index (χ0v) is 4.35. The smallest absolute Gasteiger partial charge is 0.103 e. The lowest BCUT2D eigenvalue weighted by Gasteiger charge is -1.90. The molecular formula is C6H8O. The quantitative estimate of drug-likeness (QED) is 0.447. The van der Waals surface area contributed by atoms with Crippen LogP contribution in [0.3, 0.4) is 0 Å². The summed E-state index contributed by atoms with van der Waals surface area (Å²) in [5, 5.41) is 0. The van der Waals surface area contributed by atoms with Gasteiger partial charge in [0.05, 0.1) is 6.26 Å². The number of hydrogen-bond acceptors (Lipinski definition) is 1. The van der Waals surface area contributed by atoms with E-state index in [1.165, 1.54) is 0 Å². The first-order valence-electron chi connectivity index (χ1n) is 2.40. The Morgan fingerprint density at radius 1 is 1.86 bits per heavy atom. The summed E-state index contributed by atoms with van der Waals surface area (Å²) in [6.07, 6.45) is 6.65. The van der Waals surface area contributed by atoms with Crippen LogP contribution in [0.4, 0.5) is 0 Å². The van der Waals surface area contributed by atoms with Crippen molar-refractivity contribution in [1.82, 2.24) is 0 Å². The molecule has 0 aromatic carbocycles. The molecule has 0 unspecified atom stereocenters. The van der Waals surface area contributed by atoms with Crippen LogP contribution in [0, 0.1) is 0 Å².